The van der Waals surface area contributed by atoms with Crippen molar-refractivity contribution in [1.82, 2.24) is 9.13 Å². The van der Waals surface area contributed by atoms with Crippen molar-refractivity contribution in [2.24, 2.45) is 0 Å². The van der Waals surface area contributed by atoms with Gasteiger partial charge in [-0.3, -0.25) is 0 Å². The summed E-state index contributed by atoms with van der Waals surface area (Å²) in [4.78, 5) is 0. The third-order valence-corrected chi connectivity index (χ3v) is 9.19. The highest BCUT2D eigenvalue weighted by Gasteiger charge is 2.20. The minimum absolute atomic E-state index is 1.16. The molecule has 0 unspecified atom stereocenters. The second-order valence-electron chi connectivity index (χ2n) is 11.9. The zero-order valence-electron chi connectivity index (χ0n) is 25.0. The van der Waals surface area contributed by atoms with Crippen molar-refractivity contribution in [3.8, 4) is 33.6 Å². The molecule has 0 saturated heterocycles. The molecular weight excluding hydrogens is 544 g/mol. The lowest BCUT2D eigenvalue weighted by atomic mass is 10.0. The van der Waals surface area contributed by atoms with Gasteiger partial charge >= 0.3 is 0 Å². The molecule has 2 heterocycles. The zero-order valence-corrected chi connectivity index (χ0v) is 25.0. The first-order valence-electron chi connectivity index (χ1n) is 15.5. The van der Waals surface area contributed by atoms with Crippen LogP contribution in [0, 0.1) is 6.92 Å². The van der Waals surface area contributed by atoms with E-state index in [9.17, 15) is 0 Å². The van der Waals surface area contributed by atoms with Crippen molar-refractivity contribution in [2.45, 2.75) is 6.92 Å². The molecule has 0 aliphatic heterocycles. The summed E-state index contributed by atoms with van der Waals surface area (Å²) >= 11 is 0. The Morgan fingerprint density at radius 3 is 1.47 bits per heavy atom. The largest absolute Gasteiger partial charge is 0.309 e. The van der Waals surface area contributed by atoms with Crippen molar-refractivity contribution in [3.05, 3.63) is 169 Å². The first kappa shape index (κ1) is 25.6. The van der Waals surface area contributed by atoms with Crippen molar-refractivity contribution >= 4 is 43.6 Å². The second-order valence-corrected chi connectivity index (χ2v) is 11.9. The maximum absolute atomic E-state index is 2.43. The topological polar surface area (TPSA) is 9.86 Å². The molecule has 0 spiro atoms. The number of nitrogens with zero attached hydrogens (tertiary/aromatic N) is 2. The molecule has 45 heavy (non-hydrogen) atoms. The lowest BCUT2D eigenvalue weighted by Crippen LogP contribution is -1.95. The number of hydrogen-bond donors (Lipinski definition) is 0. The standard InChI is InChI=1S/C43H30N2/c1-29-18-20-32(21-19-29)33-12-9-13-35(28-33)45-39-17-8-6-15-37(39)43-41(45)27-26-40-42(43)36-14-5-7-16-38(36)44(40)34-24-22-31(23-25-34)30-10-3-2-4-11-30/h2-28H,1H3. The molecule has 0 atom stereocenters. The zero-order chi connectivity index (χ0) is 29.9. The number of hydrogen-bond acceptors (Lipinski definition) is 0. The Hall–Kier alpha value is -5.86. The Balaban J connectivity index is 1.30. The number of aromatic nitrogens is 2. The van der Waals surface area contributed by atoms with Crippen LogP contribution in [0.25, 0.3) is 77.2 Å². The van der Waals surface area contributed by atoms with Crippen LogP contribution in [0.2, 0.25) is 0 Å². The van der Waals surface area contributed by atoms with Crippen LogP contribution in [0.3, 0.4) is 0 Å². The molecular formula is C43H30N2. The summed E-state index contributed by atoms with van der Waals surface area (Å²) in [6.45, 7) is 2.13. The van der Waals surface area contributed by atoms with Crippen LogP contribution in [0.15, 0.2) is 164 Å². The van der Waals surface area contributed by atoms with Gasteiger partial charge in [-0.2, -0.15) is 0 Å². The van der Waals surface area contributed by atoms with Crippen molar-refractivity contribution in [2.75, 3.05) is 0 Å². The van der Waals surface area contributed by atoms with E-state index in [0.717, 1.165) is 5.69 Å². The fraction of sp³-hybridized carbons (Fsp3) is 0.0233. The van der Waals surface area contributed by atoms with Gasteiger partial charge in [-0.1, -0.05) is 121 Å². The molecule has 0 aliphatic rings. The Morgan fingerprint density at radius 1 is 0.333 bits per heavy atom. The fourth-order valence-corrected chi connectivity index (χ4v) is 7.08. The molecule has 2 nitrogen and oxygen atoms in total. The third kappa shape index (κ3) is 4.03. The van der Waals surface area contributed by atoms with E-state index in [4.69, 9.17) is 0 Å². The minimum atomic E-state index is 1.16. The number of para-hydroxylation sites is 2. The van der Waals surface area contributed by atoms with E-state index in [0.29, 0.717) is 0 Å². The Labute approximate surface area is 262 Å². The summed E-state index contributed by atoms with van der Waals surface area (Å²) in [5, 5.41) is 5.11. The monoisotopic (exact) mass is 574 g/mol. The van der Waals surface area contributed by atoms with E-state index in [1.807, 2.05) is 0 Å². The molecule has 0 saturated carbocycles. The summed E-state index contributed by atoms with van der Waals surface area (Å²) in [5.74, 6) is 0. The van der Waals surface area contributed by atoms with Gasteiger partial charge in [0.25, 0.3) is 0 Å². The smallest absolute Gasteiger partial charge is 0.0548 e. The van der Waals surface area contributed by atoms with Crippen LogP contribution >= 0.6 is 0 Å². The first-order chi connectivity index (χ1) is 22.2. The van der Waals surface area contributed by atoms with E-state index in [-0.39, 0.29) is 0 Å². The van der Waals surface area contributed by atoms with Gasteiger partial charge in [0.1, 0.15) is 0 Å². The Bertz CT molecular complexity index is 2510. The number of aryl methyl sites for hydroxylation is 1. The summed E-state index contributed by atoms with van der Waals surface area (Å²) < 4.78 is 4.85. The molecule has 9 rings (SSSR count). The average molecular weight is 575 g/mol. The van der Waals surface area contributed by atoms with E-state index < -0.39 is 0 Å². The number of benzene rings is 7. The average Bonchev–Trinajstić information content (AvgIpc) is 3.62. The van der Waals surface area contributed by atoms with Crippen molar-refractivity contribution in [3.63, 3.8) is 0 Å². The summed E-state index contributed by atoms with van der Waals surface area (Å²) in [6, 6.07) is 59.5. The minimum Gasteiger partial charge on any atom is -0.309 e. The van der Waals surface area contributed by atoms with Gasteiger partial charge in [-0.25, -0.2) is 0 Å². The number of rotatable bonds is 4. The van der Waals surface area contributed by atoms with Crippen molar-refractivity contribution < 1.29 is 0 Å². The van der Waals surface area contributed by atoms with E-state index in [1.165, 1.54) is 77.1 Å². The van der Waals surface area contributed by atoms with Crippen LogP contribution < -0.4 is 0 Å². The van der Waals surface area contributed by atoms with Gasteiger partial charge in [-0.15, -0.1) is 0 Å². The van der Waals surface area contributed by atoms with Gasteiger partial charge < -0.3 is 9.13 Å². The van der Waals surface area contributed by atoms with E-state index in [2.05, 4.69) is 180 Å². The first-order valence-corrected chi connectivity index (χ1v) is 15.5. The third-order valence-electron chi connectivity index (χ3n) is 9.19. The van der Waals surface area contributed by atoms with Crippen LogP contribution in [-0.4, -0.2) is 9.13 Å². The number of fused-ring (bicyclic) bond motifs is 7. The molecule has 0 bridgehead atoms. The van der Waals surface area contributed by atoms with Crippen molar-refractivity contribution in [1.29, 1.82) is 0 Å². The van der Waals surface area contributed by atoms with Crippen LogP contribution in [0.5, 0.6) is 0 Å². The highest BCUT2D eigenvalue weighted by atomic mass is 15.0. The molecule has 2 aromatic heterocycles. The van der Waals surface area contributed by atoms with Gasteiger partial charge in [-0.05, 0) is 77.7 Å². The van der Waals surface area contributed by atoms with Gasteiger partial charge in [0.2, 0.25) is 0 Å². The van der Waals surface area contributed by atoms with Crippen LogP contribution in [-0.2, 0) is 0 Å². The molecule has 2 heteroatoms. The predicted octanol–water partition coefficient (Wildman–Crippen LogP) is 11.5. The Kier molecular flexibility index (Phi) is 5.76. The van der Waals surface area contributed by atoms with E-state index in [1.54, 1.807) is 0 Å². The molecule has 0 fully saturated rings. The molecule has 212 valence electrons. The molecule has 0 amide bonds. The lowest BCUT2D eigenvalue weighted by Gasteiger charge is -2.11. The van der Waals surface area contributed by atoms with Crippen LogP contribution in [0.4, 0.5) is 0 Å². The molecule has 0 aliphatic carbocycles. The quantitative estimate of drug-likeness (QED) is 0.198. The highest BCUT2D eigenvalue weighted by Crippen LogP contribution is 2.42. The highest BCUT2D eigenvalue weighted by molar-refractivity contribution is 6.28. The maximum Gasteiger partial charge on any atom is 0.0548 e. The van der Waals surface area contributed by atoms with Gasteiger partial charge in [0, 0.05) is 32.9 Å². The second kappa shape index (κ2) is 10.1. The summed E-state index contributed by atoms with van der Waals surface area (Å²) in [7, 11) is 0. The molecule has 7 aromatic carbocycles. The normalized spacial score (nSPS) is 11.7. The summed E-state index contributed by atoms with van der Waals surface area (Å²) in [5.41, 5.74) is 13.4. The SMILES string of the molecule is Cc1ccc(-c2cccc(-n3c4ccccc4c4c5c6ccccc6n(-c6ccc(-c7ccccc7)cc6)c5ccc43)c2)cc1. The van der Waals surface area contributed by atoms with E-state index >= 15 is 0 Å². The predicted molar refractivity (Wildman–Crippen MR) is 191 cm³/mol. The van der Waals surface area contributed by atoms with Gasteiger partial charge in [0.15, 0.2) is 0 Å². The Morgan fingerprint density at radius 2 is 0.822 bits per heavy atom. The summed E-state index contributed by atoms with van der Waals surface area (Å²) in [6.07, 6.45) is 0. The molecule has 0 radical (unpaired) electrons. The molecule has 9 aromatic rings. The van der Waals surface area contributed by atoms with Crippen LogP contribution in [0.1, 0.15) is 5.56 Å². The lowest BCUT2D eigenvalue weighted by molar-refractivity contribution is 1.17. The van der Waals surface area contributed by atoms with Gasteiger partial charge in [0.05, 0.1) is 22.1 Å². The maximum atomic E-state index is 2.43. The molecule has 0 N–H and O–H groups in total. The fourth-order valence-electron chi connectivity index (χ4n) is 7.08.